The first kappa shape index (κ1) is 11.1. The number of hydrogen-bond donors (Lipinski definition) is 0. The number of para-hydroxylation sites is 1. The molecule has 3 rings (SSSR count). The second-order valence-corrected chi connectivity index (χ2v) is 5.92. The summed E-state index contributed by atoms with van der Waals surface area (Å²) in [6.45, 7) is 0.531. The molecule has 0 saturated heterocycles. The van der Waals surface area contributed by atoms with Crippen molar-refractivity contribution in [2.75, 3.05) is 0 Å². The number of fused-ring (bicyclic) bond motifs is 1. The Morgan fingerprint density at radius 3 is 2.82 bits per heavy atom. The van der Waals surface area contributed by atoms with Gasteiger partial charge in [0.15, 0.2) is 0 Å². The van der Waals surface area contributed by atoms with E-state index in [1.54, 1.807) is 17.0 Å². The number of alkyl halides is 2. The van der Waals surface area contributed by atoms with E-state index in [9.17, 15) is 4.79 Å². The molecule has 1 saturated carbocycles. The molecule has 0 spiro atoms. The van der Waals surface area contributed by atoms with Crippen LogP contribution in [-0.4, -0.2) is 13.9 Å². The molecule has 0 N–H and O–H groups in total. The van der Waals surface area contributed by atoms with Gasteiger partial charge in [0.2, 0.25) is 0 Å². The molecule has 2 aromatic rings. The molecule has 88 valence electrons. The third kappa shape index (κ3) is 1.94. The minimum absolute atomic E-state index is 0.0355. The van der Waals surface area contributed by atoms with Crippen LogP contribution in [-0.2, 0) is 6.54 Å². The van der Waals surface area contributed by atoms with E-state index in [0.29, 0.717) is 17.4 Å². The van der Waals surface area contributed by atoms with Crippen LogP contribution >= 0.6 is 23.2 Å². The first-order valence-electron chi connectivity index (χ1n) is 5.40. The van der Waals surface area contributed by atoms with Gasteiger partial charge in [0.05, 0.1) is 17.2 Å². The van der Waals surface area contributed by atoms with Gasteiger partial charge in [0.25, 0.3) is 5.56 Å². The molecule has 1 aliphatic carbocycles. The molecule has 0 aliphatic heterocycles. The maximum atomic E-state index is 12.1. The highest BCUT2D eigenvalue weighted by molar-refractivity contribution is 6.50. The summed E-state index contributed by atoms with van der Waals surface area (Å²) in [5.74, 6) is 0.145. The smallest absolute Gasteiger partial charge is 0.261 e. The molecular weight excluding hydrogens is 259 g/mol. The molecule has 5 heteroatoms. The summed E-state index contributed by atoms with van der Waals surface area (Å²) in [4.78, 5) is 16.4. The minimum atomic E-state index is -0.662. The highest BCUT2D eigenvalue weighted by Gasteiger charge is 2.51. The number of hydrogen-bond acceptors (Lipinski definition) is 2. The topological polar surface area (TPSA) is 34.9 Å². The van der Waals surface area contributed by atoms with Gasteiger partial charge in [-0.2, -0.15) is 0 Å². The lowest BCUT2D eigenvalue weighted by Gasteiger charge is -2.06. The van der Waals surface area contributed by atoms with Crippen molar-refractivity contribution in [3.63, 3.8) is 0 Å². The van der Waals surface area contributed by atoms with Crippen LogP contribution in [0, 0.1) is 5.92 Å². The van der Waals surface area contributed by atoms with Gasteiger partial charge in [-0.1, -0.05) is 12.1 Å². The fourth-order valence-corrected chi connectivity index (χ4v) is 2.45. The number of nitrogens with zero attached hydrogens (tertiary/aromatic N) is 2. The average Bonchev–Trinajstić information content (AvgIpc) is 2.91. The Labute approximate surface area is 108 Å². The molecule has 1 aliphatic rings. The lowest BCUT2D eigenvalue weighted by molar-refractivity contribution is 0.597. The predicted octanol–water partition coefficient (Wildman–Crippen LogP) is 2.59. The molecule has 0 amide bonds. The zero-order chi connectivity index (χ0) is 12.0. The quantitative estimate of drug-likeness (QED) is 0.785. The van der Waals surface area contributed by atoms with Crippen molar-refractivity contribution < 1.29 is 0 Å². The normalized spacial score (nSPS) is 21.6. The molecule has 17 heavy (non-hydrogen) atoms. The fourth-order valence-electron chi connectivity index (χ4n) is 1.94. The van der Waals surface area contributed by atoms with Crippen molar-refractivity contribution in [3.05, 3.63) is 40.9 Å². The second kappa shape index (κ2) is 3.72. The SMILES string of the molecule is O=c1c2ccccc2ncn1C[C@@H]1CC1(Cl)Cl. The molecule has 1 aromatic heterocycles. The number of aromatic nitrogens is 2. The summed E-state index contributed by atoms with van der Waals surface area (Å²) in [5.41, 5.74) is 0.680. The highest BCUT2D eigenvalue weighted by atomic mass is 35.5. The van der Waals surface area contributed by atoms with Crippen LogP contribution in [0.3, 0.4) is 0 Å². The number of halogens is 2. The third-order valence-electron chi connectivity index (χ3n) is 3.10. The van der Waals surface area contributed by atoms with E-state index in [4.69, 9.17) is 23.2 Å². The van der Waals surface area contributed by atoms with Gasteiger partial charge in [-0.3, -0.25) is 9.36 Å². The Hall–Kier alpha value is -1.06. The summed E-state index contributed by atoms with van der Waals surface area (Å²) in [6.07, 6.45) is 2.29. The molecule has 0 bridgehead atoms. The highest BCUT2D eigenvalue weighted by Crippen LogP contribution is 2.53. The van der Waals surface area contributed by atoms with E-state index >= 15 is 0 Å². The van der Waals surface area contributed by atoms with Crippen molar-refractivity contribution >= 4 is 34.1 Å². The first-order chi connectivity index (χ1) is 8.08. The van der Waals surface area contributed by atoms with Gasteiger partial charge < -0.3 is 0 Å². The Kier molecular flexibility index (Phi) is 2.42. The summed E-state index contributed by atoms with van der Waals surface area (Å²) >= 11 is 11.9. The summed E-state index contributed by atoms with van der Waals surface area (Å²) in [7, 11) is 0. The maximum Gasteiger partial charge on any atom is 0.261 e. The standard InChI is InChI=1S/C12H10Cl2N2O/c13-12(14)5-8(12)6-16-7-15-10-4-2-1-3-9(10)11(16)17/h1-4,7-8H,5-6H2/t8-/m0/s1. The maximum absolute atomic E-state index is 12.1. The van der Waals surface area contributed by atoms with Gasteiger partial charge in [-0.25, -0.2) is 4.98 Å². The van der Waals surface area contributed by atoms with Crippen LogP contribution in [0.1, 0.15) is 6.42 Å². The van der Waals surface area contributed by atoms with E-state index in [2.05, 4.69) is 4.98 Å². The largest absolute Gasteiger partial charge is 0.298 e. The fraction of sp³-hybridized carbons (Fsp3) is 0.333. The van der Waals surface area contributed by atoms with Gasteiger partial charge >= 0.3 is 0 Å². The van der Waals surface area contributed by atoms with E-state index in [1.807, 2.05) is 18.2 Å². The lowest BCUT2D eigenvalue weighted by Crippen LogP contribution is -2.22. The minimum Gasteiger partial charge on any atom is -0.298 e. The van der Waals surface area contributed by atoms with E-state index in [1.165, 1.54) is 0 Å². The van der Waals surface area contributed by atoms with Crippen LogP contribution < -0.4 is 5.56 Å². The Bertz CT molecular complexity index is 636. The monoisotopic (exact) mass is 268 g/mol. The third-order valence-corrected chi connectivity index (χ3v) is 4.03. The van der Waals surface area contributed by atoms with Crippen molar-refractivity contribution in [1.29, 1.82) is 0 Å². The predicted molar refractivity (Wildman–Crippen MR) is 68.5 cm³/mol. The van der Waals surface area contributed by atoms with Crippen molar-refractivity contribution in [2.45, 2.75) is 17.3 Å². The number of rotatable bonds is 2. The molecule has 1 heterocycles. The molecule has 1 aromatic carbocycles. The van der Waals surface area contributed by atoms with Crippen molar-refractivity contribution in [2.24, 2.45) is 5.92 Å². The average molecular weight is 269 g/mol. The Balaban J connectivity index is 2.01. The van der Waals surface area contributed by atoms with Crippen molar-refractivity contribution in [3.8, 4) is 0 Å². The second-order valence-electron chi connectivity index (χ2n) is 4.38. The Morgan fingerprint density at radius 2 is 2.12 bits per heavy atom. The lowest BCUT2D eigenvalue weighted by atomic mass is 10.2. The zero-order valence-corrected chi connectivity index (χ0v) is 10.4. The van der Waals surface area contributed by atoms with Crippen LogP contribution in [0.2, 0.25) is 0 Å². The molecule has 1 atom stereocenters. The van der Waals surface area contributed by atoms with Crippen LogP contribution in [0.25, 0.3) is 10.9 Å². The summed E-state index contributed by atoms with van der Waals surface area (Å²) < 4.78 is 0.921. The van der Waals surface area contributed by atoms with Gasteiger partial charge in [0.1, 0.15) is 4.33 Å². The summed E-state index contributed by atoms with van der Waals surface area (Å²) in [6, 6.07) is 7.30. The van der Waals surface area contributed by atoms with Gasteiger partial charge in [-0.05, 0) is 18.6 Å². The molecule has 0 unspecified atom stereocenters. The van der Waals surface area contributed by atoms with Crippen molar-refractivity contribution in [1.82, 2.24) is 9.55 Å². The molecular formula is C12H10Cl2N2O. The van der Waals surface area contributed by atoms with Crippen LogP contribution in [0.15, 0.2) is 35.4 Å². The first-order valence-corrected chi connectivity index (χ1v) is 6.15. The zero-order valence-electron chi connectivity index (χ0n) is 8.94. The Morgan fingerprint density at radius 1 is 1.41 bits per heavy atom. The van der Waals surface area contributed by atoms with Crippen LogP contribution in [0.4, 0.5) is 0 Å². The molecule has 0 radical (unpaired) electrons. The van der Waals surface area contributed by atoms with E-state index in [0.717, 1.165) is 6.42 Å². The number of benzene rings is 1. The van der Waals surface area contributed by atoms with Gasteiger partial charge in [0, 0.05) is 12.5 Å². The summed E-state index contributed by atoms with van der Waals surface area (Å²) in [5, 5.41) is 0.630. The molecule has 3 nitrogen and oxygen atoms in total. The molecule has 1 fully saturated rings. The van der Waals surface area contributed by atoms with Gasteiger partial charge in [-0.15, -0.1) is 23.2 Å². The van der Waals surface area contributed by atoms with E-state index in [-0.39, 0.29) is 11.5 Å². The van der Waals surface area contributed by atoms with Crippen LogP contribution in [0.5, 0.6) is 0 Å². The van der Waals surface area contributed by atoms with E-state index < -0.39 is 4.33 Å².